The van der Waals surface area contributed by atoms with E-state index in [-0.39, 0.29) is 4.21 Å². The van der Waals surface area contributed by atoms with E-state index in [0.29, 0.717) is 23.5 Å². The van der Waals surface area contributed by atoms with Crippen molar-refractivity contribution >= 4 is 48.7 Å². The number of piperazine rings is 1. The Morgan fingerprint density at radius 3 is 2.50 bits per heavy atom. The number of ether oxygens (including phenoxy) is 1. The molecule has 1 aromatic heterocycles. The summed E-state index contributed by atoms with van der Waals surface area (Å²) < 4.78 is 34.4. The summed E-state index contributed by atoms with van der Waals surface area (Å²) in [6.07, 6.45) is 0. The lowest BCUT2D eigenvalue weighted by atomic mass is 10.1. The lowest BCUT2D eigenvalue weighted by Crippen LogP contribution is -2.54. The smallest absolute Gasteiger partial charge is 0.271 e. The highest BCUT2D eigenvalue weighted by molar-refractivity contribution is 9.11. The zero-order valence-electron chi connectivity index (χ0n) is 14.8. The summed E-state index contributed by atoms with van der Waals surface area (Å²) in [6.45, 7) is 6.01. The van der Waals surface area contributed by atoms with E-state index in [1.54, 1.807) is 18.2 Å². The summed E-state index contributed by atoms with van der Waals surface area (Å²) in [7, 11) is -2.14. The third-order valence-corrected chi connectivity index (χ3v) is 7.64. The van der Waals surface area contributed by atoms with E-state index in [9.17, 15) is 8.42 Å². The number of nitrogens with zero attached hydrogens (tertiary/aromatic N) is 1. The van der Waals surface area contributed by atoms with Crippen molar-refractivity contribution in [2.24, 2.45) is 0 Å². The minimum absolute atomic E-state index is 0.251. The fourth-order valence-electron chi connectivity index (χ4n) is 3.15. The zero-order valence-corrected chi connectivity index (χ0v) is 18.0. The second-order valence-corrected chi connectivity index (χ2v) is 10.8. The maximum Gasteiger partial charge on any atom is 0.271 e. The quantitative estimate of drug-likeness (QED) is 0.715. The number of rotatable bonds is 5. The SMILES string of the molecule is COc1ccc(N2CC(C)NC(C)C2)cc1NS(=O)(=O)c1ccc(Br)s1. The summed E-state index contributed by atoms with van der Waals surface area (Å²) in [6, 6.07) is 9.62. The van der Waals surface area contributed by atoms with E-state index < -0.39 is 10.0 Å². The van der Waals surface area contributed by atoms with Gasteiger partial charge in [-0.2, -0.15) is 0 Å². The number of thiophene rings is 1. The van der Waals surface area contributed by atoms with E-state index in [1.807, 2.05) is 12.1 Å². The number of nitrogens with one attached hydrogen (secondary N) is 2. The number of hydrogen-bond donors (Lipinski definition) is 2. The van der Waals surface area contributed by atoms with Crippen LogP contribution in [0.4, 0.5) is 11.4 Å². The number of halogens is 1. The van der Waals surface area contributed by atoms with Gasteiger partial charge < -0.3 is 15.0 Å². The van der Waals surface area contributed by atoms with Crippen LogP contribution in [-0.4, -0.2) is 40.7 Å². The van der Waals surface area contributed by atoms with E-state index >= 15 is 0 Å². The molecule has 2 heterocycles. The van der Waals surface area contributed by atoms with Crippen LogP contribution in [-0.2, 0) is 10.0 Å². The van der Waals surface area contributed by atoms with Crippen molar-refractivity contribution in [3.05, 3.63) is 34.1 Å². The lowest BCUT2D eigenvalue weighted by Gasteiger charge is -2.38. The fraction of sp³-hybridized carbons (Fsp3) is 0.412. The van der Waals surface area contributed by atoms with Gasteiger partial charge in [0, 0.05) is 30.9 Å². The van der Waals surface area contributed by atoms with Crippen molar-refractivity contribution in [2.75, 3.05) is 29.8 Å². The third kappa shape index (κ3) is 4.33. The van der Waals surface area contributed by atoms with Gasteiger partial charge in [-0.3, -0.25) is 4.72 Å². The highest BCUT2D eigenvalue weighted by atomic mass is 79.9. The molecular weight excluding hydrogens is 438 g/mol. The maximum atomic E-state index is 12.7. The summed E-state index contributed by atoms with van der Waals surface area (Å²) in [5, 5.41) is 3.50. The molecule has 2 N–H and O–H groups in total. The molecule has 3 rings (SSSR count). The molecule has 0 amide bonds. The number of anilines is 2. The predicted octanol–water partition coefficient (Wildman–Crippen LogP) is 3.51. The molecule has 0 spiro atoms. The Morgan fingerprint density at radius 1 is 1.23 bits per heavy atom. The Hall–Kier alpha value is -1.29. The second kappa shape index (κ2) is 7.75. The van der Waals surface area contributed by atoms with Crippen LogP contribution in [0.5, 0.6) is 5.75 Å². The second-order valence-electron chi connectivity index (χ2n) is 6.42. The Labute approximate surface area is 166 Å². The first-order chi connectivity index (χ1) is 12.3. The summed E-state index contributed by atoms with van der Waals surface area (Å²) >= 11 is 4.47. The molecule has 2 atom stereocenters. The first kappa shape index (κ1) is 19.5. The fourth-order valence-corrected chi connectivity index (χ4v) is 6.22. The van der Waals surface area contributed by atoms with Gasteiger partial charge in [-0.25, -0.2) is 8.42 Å². The molecule has 2 unspecified atom stereocenters. The van der Waals surface area contributed by atoms with Crippen molar-refractivity contribution in [1.29, 1.82) is 0 Å². The molecule has 6 nitrogen and oxygen atoms in total. The van der Waals surface area contributed by atoms with Gasteiger partial charge in [0.15, 0.2) is 0 Å². The molecule has 1 fully saturated rings. The lowest BCUT2D eigenvalue weighted by molar-refractivity contribution is 0.406. The largest absolute Gasteiger partial charge is 0.495 e. The van der Waals surface area contributed by atoms with Crippen molar-refractivity contribution in [3.8, 4) is 5.75 Å². The molecule has 2 aromatic rings. The van der Waals surface area contributed by atoms with Crippen LogP contribution in [0.1, 0.15) is 13.8 Å². The van der Waals surface area contributed by atoms with Crippen LogP contribution in [0.25, 0.3) is 0 Å². The van der Waals surface area contributed by atoms with Crippen molar-refractivity contribution in [3.63, 3.8) is 0 Å². The van der Waals surface area contributed by atoms with Crippen molar-refractivity contribution < 1.29 is 13.2 Å². The van der Waals surface area contributed by atoms with Crippen LogP contribution in [0, 0.1) is 0 Å². The summed E-state index contributed by atoms with van der Waals surface area (Å²) in [5.41, 5.74) is 1.41. The zero-order chi connectivity index (χ0) is 18.9. The van der Waals surface area contributed by atoms with Gasteiger partial charge in [-0.1, -0.05) is 0 Å². The molecule has 0 bridgehead atoms. The molecule has 0 saturated carbocycles. The third-order valence-electron chi connectivity index (χ3n) is 4.16. The average molecular weight is 460 g/mol. The molecular formula is C17H22BrN3O3S2. The molecule has 9 heteroatoms. The highest BCUT2D eigenvalue weighted by Crippen LogP contribution is 2.34. The minimum atomic E-state index is -3.67. The first-order valence-corrected chi connectivity index (χ1v) is 11.3. The normalized spacial score (nSPS) is 20.8. The maximum absolute atomic E-state index is 12.7. The number of hydrogen-bond acceptors (Lipinski definition) is 6. The van der Waals surface area contributed by atoms with E-state index in [4.69, 9.17) is 4.74 Å². The predicted molar refractivity (Wildman–Crippen MR) is 110 cm³/mol. The molecule has 1 aliphatic heterocycles. The number of benzene rings is 1. The summed E-state index contributed by atoms with van der Waals surface area (Å²) in [4.78, 5) is 2.25. The van der Waals surface area contributed by atoms with Gasteiger partial charge in [0.2, 0.25) is 0 Å². The molecule has 1 aliphatic rings. The van der Waals surface area contributed by atoms with Gasteiger partial charge in [0.25, 0.3) is 10.0 Å². The van der Waals surface area contributed by atoms with Crippen molar-refractivity contribution in [1.82, 2.24) is 5.32 Å². The van der Waals surface area contributed by atoms with Crippen LogP contribution < -0.4 is 19.7 Å². The Morgan fingerprint density at radius 2 is 1.92 bits per heavy atom. The number of methoxy groups -OCH3 is 1. The van der Waals surface area contributed by atoms with E-state index in [2.05, 4.69) is 44.7 Å². The molecule has 0 radical (unpaired) electrons. The van der Waals surface area contributed by atoms with Crippen LogP contribution in [0.15, 0.2) is 38.3 Å². The Bertz CT molecular complexity index is 875. The monoisotopic (exact) mass is 459 g/mol. The van der Waals surface area contributed by atoms with Crippen LogP contribution in [0.3, 0.4) is 0 Å². The first-order valence-electron chi connectivity index (χ1n) is 8.25. The Balaban J connectivity index is 1.91. The minimum Gasteiger partial charge on any atom is -0.495 e. The standard InChI is InChI=1S/C17H22BrN3O3S2/c1-11-9-21(10-12(2)19-11)13-4-5-15(24-3)14(8-13)20-26(22,23)17-7-6-16(18)25-17/h4-8,11-12,19-20H,9-10H2,1-3H3. The van der Waals surface area contributed by atoms with Crippen molar-refractivity contribution in [2.45, 2.75) is 30.1 Å². The molecule has 1 saturated heterocycles. The molecule has 142 valence electrons. The van der Waals surface area contributed by atoms with Gasteiger partial charge in [0.05, 0.1) is 16.6 Å². The summed E-state index contributed by atoms with van der Waals surface area (Å²) in [5.74, 6) is 0.490. The number of sulfonamides is 1. The van der Waals surface area contributed by atoms with E-state index in [1.165, 1.54) is 18.4 Å². The molecule has 1 aromatic carbocycles. The van der Waals surface area contributed by atoms with Crippen LogP contribution in [0.2, 0.25) is 0 Å². The van der Waals surface area contributed by atoms with Gasteiger partial charge in [-0.15, -0.1) is 11.3 Å². The Kier molecular flexibility index (Phi) is 5.81. The van der Waals surface area contributed by atoms with Gasteiger partial charge >= 0.3 is 0 Å². The molecule has 26 heavy (non-hydrogen) atoms. The van der Waals surface area contributed by atoms with Crippen LogP contribution >= 0.6 is 27.3 Å². The van der Waals surface area contributed by atoms with Gasteiger partial charge in [0.1, 0.15) is 9.96 Å². The van der Waals surface area contributed by atoms with E-state index in [0.717, 1.165) is 22.6 Å². The average Bonchev–Trinajstić information content (AvgIpc) is 3.01. The molecule has 0 aliphatic carbocycles. The van der Waals surface area contributed by atoms with Gasteiger partial charge in [-0.05, 0) is 60.1 Å². The topological polar surface area (TPSA) is 70.7 Å². The highest BCUT2D eigenvalue weighted by Gasteiger charge is 2.23.